The standard InChI is InChI=1S/C13H22N4O2/c1-7(2)11-10(14)12(16-15-11)13(18)17-5-8(3)19-9(4)6-17/h7-9H,5-6,14H2,1-4H3,(H,15,16)/t8-,9+. The highest BCUT2D eigenvalue weighted by atomic mass is 16.5. The molecule has 1 amide bonds. The fourth-order valence-corrected chi connectivity index (χ4v) is 2.46. The van der Waals surface area contributed by atoms with Gasteiger partial charge < -0.3 is 15.4 Å². The first-order valence-electron chi connectivity index (χ1n) is 6.68. The zero-order valence-corrected chi connectivity index (χ0v) is 11.9. The Bertz CT molecular complexity index is 459. The Morgan fingerprint density at radius 2 is 2.00 bits per heavy atom. The van der Waals surface area contributed by atoms with Crippen LogP contribution >= 0.6 is 0 Å². The number of anilines is 1. The number of carbonyl (C=O) groups excluding carboxylic acids is 1. The van der Waals surface area contributed by atoms with Crippen molar-refractivity contribution in [3.63, 3.8) is 0 Å². The van der Waals surface area contributed by atoms with Gasteiger partial charge in [-0.25, -0.2) is 0 Å². The number of nitrogens with one attached hydrogen (secondary N) is 1. The van der Waals surface area contributed by atoms with Crippen molar-refractivity contribution >= 4 is 11.6 Å². The zero-order chi connectivity index (χ0) is 14.2. The number of carbonyl (C=O) groups is 1. The van der Waals surface area contributed by atoms with Crippen LogP contribution in [0.15, 0.2) is 0 Å². The van der Waals surface area contributed by atoms with E-state index in [0.717, 1.165) is 5.69 Å². The molecule has 1 saturated heterocycles. The van der Waals surface area contributed by atoms with Crippen molar-refractivity contribution in [3.05, 3.63) is 11.4 Å². The number of aromatic nitrogens is 2. The molecule has 3 N–H and O–H groups in total. The lowest BCUT2D eigenvalue weighted by molar-refractivity contribution is -0.0587. The second-order valence-corrected chi connectivity index (χ2v) is 5.52. The summed E-state index contributed by atoms with van der Waals surface area (Å²) in [6, 6.07) is 0. The normalized spacial score (nSPS) is 23.9. The van der Waals surface area contributed by atoms with Gasteiger partial charge in [0.2, 0.25) is 0 Å². The SMILES string of the molecule is CC(C)c1[nH]nc(C(=O)N2C[C@@H](C)O[C@@H](C)C2)c1N. The molecule has 0 aromatic carbocycles. The van der Waals surface area contributed by atoms with Gasteiger partial charge in [-0.05, 0) is 19.8 Å². The van der Waals surface area contributed by atoms with Gasteiger partial charge in [0.25, 0.3) is 5.91 Å². The summed E-state index contributed by atoms with van der Waals surface area (Å²) in [5, 5.41) is 6.94. The molecule has 2 atom stereocenters. The molecule has 1 aliphatic heterocycles. The molecular formula is C13H22N4O2. The van der Waals surface area contributed by atoms with Gasteiger partial charge in [0.1, 0.15) is 0 Å². The second-order valence-electron chi connectivity index (χ2n) is 5.52. The second kappa shape index (κ2) is 5.21. The highest BCUT2D eigenvalue weighted by Crippen LogP contribution is 2.24. The summed E-state index contributed by atoms with van der Waals surface area (Å²) in [4.78, 5) is 14.2. The van der Waals surface area contributed by atoms with E-state index in [1.54, 1.807) is 4.90 Å². The van der Waals surface area contributed by atoms with Crippen LogP contribution in [0.2, 0.25) is 0 Å². The largest absolute Gasteiger partial charge is 0.395 e. The first-order chi connectivity index (χ1) is 8.90. The van der Waals surface area contributed by atoms with Gasteiger partial charge >= 0.3 is 0 Å². The number of hydrogen-bond acceptors (Lipinski definition) is 4. The highest BCUT2D eigenvalue weighted by Gasteiger charge is 2.29. The van der Waals surface area contributed by atoms with E-state index in [4.69, 9.17) is 10.5 Å². The maximum absolute atomic E-state index is 12.5. The lowest BCUT2D eigenvalue weighted by Gasteiger charge is -2.35. The fraction of sp³-hybridized carbons (Fsp3) is 0.692. The zero-order valence-electron chi connectivity index (χ0n) is 11.9. The van der Waals surface area contributed by atoms with Gasteiger partial charge in [0.05, 0.1) is 23.6 Å². The number of nitrogen functional groups attached to an aromatic ring is 1. The van der Waals surface area contributed by atoms with E-state index in [9.17, 15) is 4.79 Å². The fourth-order valence-electron chi connectivity index (χ4n) is 2.46. The molecular weight excluding hydrogens is 244 g/mol. The molecule has 19 heavy (non-hydrogen) atoms. The molecule has 0 bridgehead atoms. The van der Waals surface area contributed by atoms with Crippen LogP contribution in [-0.2, 0) is 4.74 Å². The van der Waals surface area contributed by atoms with E-state index >= 15 is 0 Å². The lowest BCUT2D eigenvalue weighted by atomic mass is 10.1. The van der Waals surface area contributed by atoms with Crippen molar-refractivity contribution in [1.29, 1.82) is 0 Å². The van der Waals surface area contributed by atoms with Crippen LogP contribution in [0, 0.1) is 0 Å². The van der Waals surface area contributed by atoms with Crippen LogP contribution in [0.25, 0.3) is 0 Å². The van der Waals surface area contributed by atoms with Crippen molar-refractivity contribution in [2.24, 2.45) is 0 Å². The molecule has 2 heterocycles. The molecule has 0 unspecified atom stereocenters. The predicted molar refractivity (Wildman–Crippen MR) is 73.0 cm³/mol. The Morgan fingerprint density at radius 3 is 2.47 bits per heavy atom. The van der Waals surface area contributed by atoms with Crippen LogP contribution in [0.3, 0.4) is 0 Å². The van der Waals surface area contributed by atoms with Crippen LogP contribution < -0.4 is 5.73 Å². The molecule has 6 heteroatoms. The Hall–Kier alpha value is -1.56. The number of morpholine rings is 1. The molecule has 1 aromatic rings. The van der Waals surface area contributed by atoms with Crippen molar-refractivity contribution in [3.8, 4) is 0 Å². The van der Waals surface area contributed by atoms with E-state index in [-0.39, 0.29) is 24.0 Å². The van der Waals surface area contributed by atoms with E-state index in [1.165, 1.54) is 0 Å². The van der Waals surface area contributed by atoms with Crippen LogP contribution in [0.1, 0.15) is 49.8 Å². The van der Waals surface area contributed by atoms with Gasteiger partial charge in [0, 0.05) is 13.1 Å². The van der Waals surface area contributed by atoms with Crippen molar-refractivity contribution in [1.82, 2.24) is 15.1 Å². The molecule has 1 fully saturated rings. The molecule has 106 valence electrons. The average molecular weight is 266 g/mol. The maximum Gasteiger partial charge on any atom is 0.276 e. The number of ether oxygens (including phenoxy) is 1. The lowest BCUT2D eigenvalue weighted by Crippen LogP contribution is -2.48. The number of nitrogens with two attached hydrogens (primary N) is 1. The summed E-state index contributed by atoms with van der Waals surface area (Å²) < 4.78 is 5.62. The van der Waals surface area contributed by atoms with Crippen molar-refractivity contribution < 1.29 is 9.53 Å². The first kappa shape index (κ1) is 13.9. The summed E-state index contributed by atoms with van der Waals surface area (Å²) in [6.07, 6.45) is 0.0786. The molecule has 0 aliphatic carbocycles. The number of nitrogens with zero attached hydrogens (tertiary/aromatic N) is 2. The average Bonchev–Trinajstić information content (AvgIpc) is 2.69. The minimum absolute atomic E-state index is 0.0393. The smallest absolute Gasteiger partial charge is 0.276 e. The molecule has 6 nitrogen and oxygen atoms in total. The van der Waals surface area contributed by atoms with Crippen molar-refractivity contribution in [2.45, 2.75) is 45.8 Å². The maximum atomic E-state index is 12.5. The molecule has 0 saturated carbocycles. The minimum Gasteiger partial charge on any atom is -0.395 e. The molecule has 0 radical (unpaired) electrons. The highest BCUT2D eigenvalue weighted by molar-refractivity contribution is 5.97. The predicted octanol–water partition coefficient (Wildman–Crippen LogP) is 1.36. The van der Waals surface area contributed by atoms with E-state index in [1.807, 2.05) is 27.7 Å². The number of amides is 1. The summed E-state index contributed by atoms with van der Waals surface area (Å²) in [6.45, 7) is 9.10. The number of H-pyrrole nitrogens is 1. The van der Waals surface area contributed by atoms with E-state index in [2.05, 4.69) is 10.2 Å². The number of rotatable bonds is 2. The Labute approximate surface area is 113 Å². The van der Waals surface area contributed by atoms with E-state index in [0.29, 0.717) is 24.5 Å². The molecule has 0 spiro atoms. The van der Waals surface area contributed by atoms with E-state index < -0.39 is 0 Å². The summed E-state index contributed by atoms with van der Waals surface area (Å²) in [7, 11) is 0. The van der Waals surface area contributed by atoms with Gasteiger partial charge in [-0.1, -0.05) is 13.8 Å². The Kier molecular flexibility index (Phi) is 3.80. The van der Waals surface area contributed by atoms with Crippen LogP contribution in [-0.4, -0.2) is 46.3 Å². The van der Waals surface area contributed by atoms with Gasteiger partial charge in [0.15, 0.2) is 5.69 Å². The Balaban J connectivity index is 2.20. The quantitative estimate of drug-likeness (QED) is 0.846. The van der Waals surface area contributed by atoms with Gasteiger partial charge in [-0.2, -0.15) is 5.10 Å². The third-order valence-electron chi connectivity index (χ3n) is 3.32. The van der Waals surface area contributed by atoms with Crippen LogP contribution in [0.4, 0.5) is 5.69 Å². The summed E-state index contributed by atoms with van der Waals surface area (Å²) in [5.74, 6) is 0.0965. The third kappa shape index (κ3) is 2.73. The molecule has 2 rings (SSSR count). The third-order valence-corrected chi connectivity index (χ3v) is 3.32. The molecule has 1 aliphatic rings. The topological polar surface area (TPSA) is 84.2 Å². The van der Waals surface area contributed by atoms with Crippen molar-refractivity contribution in [2.75, 3.05) is 18.8 Å². The Morgan fingerprint density at radius 1 is 1.42 bits per heavy atom. The number of hydrogen-bond donors (Lipinski definition) is 2. The van der Waals surface area contributed by atoms with Gasteiger partial charge in [-0.15, -0.1) is 0 Å². The minimum atomic E-state index is -0.123. The first-order valence-corrected chi connectivity index (χ1v) is 6.68. The number of aromatic amines is 1. The monoisotopic (exact) mass is 266 g/mol. The van der Waals surface area contributed by atoms with Crippen LogP contribution in [0.5, 0.6) is 0 Å². The van der Waals surface area contributed by atoms with Gasteiger partial charge in [-0.3, -0.25) is 9.89 Å². The molecule has 1 aromatic heterocycles. The summed E-state index contributed by atoms with van der Waals surface area (Å²) in [5.41, 5.74) is 7.61. The summed E-state index contributed by atoms with van der Waals surface area (Å²) >= 11 is 0.